The number of aryl methyl sites for hydroxylation is 2. The second-order valence-corrected chi connectivity index (χ2v) is 6.06. The number of rotatable bonds is 9. The summed E-state index contributed by atoms with van der Waals surface area (Å²) in [4.78, 5) is 22.8. The average Bonchev–Trinajstić information content (AvgIpc) is 2.45. The number of carboxylic acid groups (broad SMARTS) is 1. The van der Waals surface area contributed by atoms with Gasteiger partial charge in [0.05, 0.1) is 0 Å². The Morgan fingerprint density at radius 2 is 1.95 bits per heavy atom. The fourth-order valence-corrected chi connectivity index (χ4v) is 2.44. The van der Waals surface area contributed by atoms with E-state index in [0.29, 0.717) is 12.8 Å². The Morgan fingerprint density at radius 3 is 2.52 bits per heavy atom. The summed E-state index contributed by atoms with van der Waals surface area (Å²) in [6.07, 6.45) is 4.29. The predicted molar refractivity (Wildman–Crippen MR) is 86.7 cm³/mol. The van der Waals surface area contributed by atoms with Crippen molar-refractivity contribution in [2.45, 2.75) is 38.6 Å². The SMILES string of the molecule is CSCC[C@H](NC(=O)CCCc1ccc(C)cc1)C(=O)O. The maximum absolute atomic E-state index is 11.8. The number of hydrogen-bond acceptors (Lipinski definition) is 3. The summed E-state index contributed by atoms with van der Waals surface area (Å²) in [5.74, 6) is -0.424. The van der Waals surface area contributed by atoms with Crippen LogP contribution in [-0.4, -0.2) is 35.0 Å². The molecule has 21 heavy (non-hydrogen) atoms. The van der Waals surface area contributed by atoms with Crippen LogP contribution in [0.5, 0.6) is 0 Å². The first-order valence-electron chi connectivity index (χ1n) is 7.09. The lowest BCUT2D eigenvalue weighted by molar-refractivity contribution is -0.141. The summed E-state index contributed by atoms with van der Waals surface area (Å²) in [7, 11) is 0. The van der Waals surface area contributed by atoms with Gasteiger partial charge in [0, 0.05) is 6.42 Å². The van der Waals surface area contributed by atoms with Crippen molar-refractivity contribution >= 4 is 23.6 Å². The third-order valence-electron chi connectivity index (χ3n) is 3.23. The highest BCUT2D eigenvalue weighted by Gasteiger charge is 2.18. The Bertz CT molecular complexity index is 459. The van der Waals surface area contributed by atoms with E-state index in [9.17, 15) is 9.59 Å². The number of hydrogen-bond donors (Lipinski definition) is 2. The van der Waals surface area contributed by atoms with Gasteiger partial charge in [-0.2, -0.15) is 11.8 Å². The minimum Gasteiger partial charge on any atom is -0.480 e. The van der Waals surface area contributed by atoms with Gasteiger partial charge in [-0.05, 0) is 43.8 Å². The van der Waals surface area contributed by atoms with Crippen LogP contribution in [0, 0.1) is 6.92 Å². The van der Waals surface area contributed by atoms with Crippen LogP contribution >= 0.6 is 11.8 Å². The minimum atomic E-state index is -0.962. The highest BCUT2D eigenvalue weighted by molar-refractivity contribution is 7.98. The number of amides is 1. The summed E-state index contributed by atoms with van der Waals surface area (Å²) in [6, 6.07) is 7.46. The zero-order chi connectivity index (χ0) is 15.7. The van der Waals surface area contributed by atoms with Crippen molar-refractivity contribution in [1.82, 2.24) is 5.32 Å². The zero-order valence-corrected chi connectivity index (χ0v) is 13.4. The predicted octanol–water partition coefficient (Wildman–Crippen LogP) is 2.64. The molecule has 1 aromatic carbocycles. The number of aliphatic carboxylic acids is 1. The summed E-state index contributed by atoms with van der Waals surface area (Å²) >= 11 is 1.58. The van der Waals surface area contributed by atoms with Gasteiger partial charge in [-0.15, -0.1) is 0 Å². The molecule has 1 aromatic rings. The summed E-state index contributed by atoms with van der Waals surface area (Å²) < 4.78 is 0. The standard InChI is InChI=1S/C16H23NO3S/c1-12-6-8-13(9-7-12)4-3-5-15(18)17-14(16(19)20)10-11-21-2/h6-9,14H,3-5,10-11H2,1-2H3,(H,17,18)(H,19,20)/t14-/m0/s1. The Kier molecular flexibility index (Phi) is 7.90. The smallest absolute Gasteiger partial charge is 0.326 e. The highest BCUT2D eigenvalue weighted by atomic mass is 32.2. The molecule has 116 valence electrons. The number of thioether (sulfide) groups is 1. The molecular formula is C16H23NO3S. The van der Waals surface area contributed by atoms with Gasteiger partial charge in [-0.25, -0.2) is 4.79 Å². The van der Waals surface area contributed by atoms with Gasteiger partial charge in [0.1, 0.15) is 6.04 Å². The van der Waals surface area contributed by atoms with Gasteiger partial charge < -0.3 is 10.4 Å². The molecule has 0 fully saturated rings. The van der Waals surface area contributed by atoms with Crippen LogP contribution in [0.25, 0.3) is 0 Å². The molecule has 0 radical (unpaired) electrons. The second kappa shape index (κ2) is 9.45. The van der Waals surface area contributed by atoms with Crippen LogP contribution in [-0.2, 0) is 16.0 Å². The highest BCUT2D eigenvalue weighted by Crippen LogP contribution is 2.08. The van der Waals surface area contributed by atoms with Crippen molar-refractivity contribution in [2.75, 3.05) is 12.0 Å². The summed E-state index contributed by atoms with van der Waals surface area (Å²) in [5.41, 5.74) is 2.42. The zero-order valence-electron chi connectivity index (χ0n) is 12.6. The van der Waals surface area contributed by atoms with Gasteiger partial charge in [0.2, 0.25) is 5.91 Å². The van der Waals surface area contributed by atoms with E-state index in [0.717, 1.165) is 18.6 Å². The van der Waals surface area contributed by atoms with E-state index in [1.165, 1.54) is 11.1 Å². The first kappa shape index (κ1) is 17.6. The van der Waals surface area contributed by atoms with Gasteiger partial charge in [0.25, 0.3) is 0 Å². The molecule has 4 nitrogen and oxygen atoms in total. The number of nitrogens with one attached hydrogen (secondary N) is 1. The number of carboxylic acids is 1. The summed E-state index contributed by atoms with van der Waals surface area (Å²) in [6.45, 7) is 2.04. The Labute approximate surface area is 130 Å². The maximum atomic E-state index is 11.8. The molecule has 2 N–H and O–H groups in total. The van der Waals surface area contributed by atoms with Crippen molar-refractivity contribution in [2.24, 2.45) is 0 Å². The maximum Gasteiger partial charge on any atom is 0.326 e. The van der Waals surface area contributed by atoms with E-state index in [2.05, 4.69) is 29.6 Å². The number of carbonyl (C=O) groups excluding carboxylic acids is 1. The Hall–Kier alpha value is -1.49. The van der Waals surface area contributed by atoms with Crippen LogP contribution in [0.3, 0.4) is 0 Å². The van der Waals surface area contributed by atoms with Crippen molar-refractivity contribution in [1.29, 1.82) is 0 Å². The molecule has 5 heteroatoms. The Balaban J connectivity index is 2.32. The third-order valence-corrected chi connectivity index (χ3v) is 3.88. The largest absolute Gasteiger partial charge is 0.480 e. The lowest BCUT2D eigenvalue weighted by Crippen LogP contribution is -2.41. The van der Waals surface area contributed by atoms with E-state index in [-0.39, 0.29) is 5.91 Å². The van der Waals surface area contributed by atoms with Crippen molar-refractivity contribution in [3.63, 3.8) is 0 Å². The number of benzene rings is 1. The molecule has 0 aliphatic heterocycles. The molecule has 0 bridgehead atoms. The molecule has 0 aromatic heterocycles. The average molecular weight is 309 g/mol. The third kappa shape index (κ3) is 7.18. The lowest BCUT2D eigenvalue weighted by atomic mass is 10.1. The quantitative estimate of drug-likeness (QED) is 0.736. The van der Waals surface area contributed by atoms with Crippen LogP contribution in [0.2, 0.25) is 0 Å². The van der Waals surface area contributed by atoms with E-state index in [1.54, 1.807) is 11.8 Å². The van der Waals surface area contributed by atoms with Crippen molar-refractivity contribution in [3.05, 3.63) is 35.4 Å². The molecule has 0 spiro atoms. The first-order valence-corrected chi connectivity index (χ1v) is 8.49. The molecule has 0 unspecified atom stereocenters. The molecule has 1 atom stereocenters. The molecule has 0 aliphatic rings. The topological polar surface area (TPSA) is 66.4 Å². The van der Waals surface area contributed by atoms with Crippen LogP contribution < -0.4 is 5.32 Å². The summed E-state index contributed by atoms with van der Waals surface area (Å²) in [5, 5.41) is 11.6. The van der Waals surface area contributed by atoms with E-state index < -0.39 is 12.0 Å². The fourth-order valence-electron chi connectivity index (χ4n) is 1.97. The van der Waals surface area contributed by atoms with E-state index in [1.807, 2.05) is 13.2 Å². The van der Waals surface area contributed by atoms with Crippen LogP contribution in [0.15, 0.2) is 24.3 Å². The van der Waals surface area contributed by atoms with E-state index >= 15 is 0 Å². The molecular weight excluding hydrogens is 286 g/mol. The van der Waals surface area contributed by atoms with Gasteiger partial charge in [-0.3, -0.25) is 4.79 Å². The Morgan fingerprint density at radius 1 is 1.29 bits per heavy atom. The van der Waals surface area contributed by atoms with E-state index in [4.69, 9.17) is 5.11 Å². The molecule has 1 amide bonds. The second-order valence-electron chi connectivity index (χ2n) is 5.08. The van der Waals surface area contributed by atoms with Crippen LogP contribution in [0.4, 0.5) is 0 Å². The molecule has 0 aliphatic carbocycles. The molecule has 0 saturated heterocycles. The molecule has 0 saturated carbocycles. The lowest BCUT2D eigenvalue weighted by Gasteiger charge is -2.13. The number of carbonyl (C=O) groups is 2. The van der Waals surface area contributed by atoms with Crippen molar-refractivity contribution in [3.8, 4) is 0 Å². The molecule has 0 heterocycles. The molecule has 1 rings (SSSR count). The fraction of sp³-hybridized carbons (Fsp3) is 0.500. The normalized spacial score (nSPS) is 11.9. The van der Waals surface area contributed by atoms with Crippen LogP contribution in [0.1, 0.15) is 30.4 Å². The van der Waals surface area contributed by atoms with Gasteiger partial charge in [0.15, 0.2) is 0 Å². The van der Waals surface area contributed by atoms with Gasteiger partial charge in [-0.1, -0.05) is 29.8 Å². The monoisotopic (exact) mass is 309 g/mol. The minimum absolute atomic E-state index is 0.185. The first-order chi connectivity index (χ1) is 10.0. The van der Waals surface area contributed by atoms with Crippen molar-refractivity contribution < 1.29 is 14.7 Å². The van der Waals surface area contributed by atoms with Gasteiger partial charge >= 0.3 is 5.97 Å².